The van der Waals surface area contributed by atoms with Crippen LogP contribution in [0, 0.1) is 11.6 Å². The summed E-state index contributed by atoms with van der Waals surface area (Å²) in [6.07, 6.45) is 8.98. The number of aromatic nitrogens is 3. The van der Waals surface area contributed by atoms with Gasteiger partial charge in [0.2, 0.25) is 5.95 Å². The number of hydrogen-bond acceptors (Lipinski definition) is 6. The fourth-order valence-corrected chi connectivity index (χ4v) is 3.76. The minimum Gasteiger partial charge on any atom is -0.358 e. The predicted octanol–water partition coefficient (Wildman–Crippen LogP) is 6.83. The van der Waals surface area contributed by atoms with E-state index in [1.807, 2.05) is 36.4 Å². The van der Waals surface area contributed by atoms with Gasteiger partial charge in [0.25, 0.3) is 0 Å². The van der Waals surface area contributed by atoms with Crippen molar-refractivity contribution in [2.75, 3.05) is 17.7 Å². The Bertz CT molecular complexity index is 1490. The summed E-state index contributed by atoms with van der Waals surface area (Å²) in [4.78, 5) is 13.9. The molecule has 1 aromatic carbocycles. The van der Waals surface area contributed by atoms with Gasteiger partial charge in [0.05, 0.1) is 28.8 Å². The molecule has 11 heteroatoms. The van der Waals surface area contributed by atoms with Crippen molar-refractivity contribution in [1.29, 1.82) is 0 Å². The molecule has 0 saturated heterocycles. The van der Waals surface area contributed by atoms with Crippen molar-refractivity contribution in [1.82, 2.24) is 19.9 Å². The van der Waals surface area contributed by atoms with E-state index in [0.29, 0.717) is 11.9 Å². The summed E-state index contributed by atoms with van der Waals surface area (Å²) in [7, 11) is 1.87. The van der Waals surface area contributed by atoms with Crippen molar-refractivity contribution in [3.8, 4) is 11.1 Å². The molecule has 0 fully saturated rings. The third kappa shape index (κ3) is 6.56. The zero-order valence-electron chi connectivity index (χ0n) is 20.7. The Labute approximate surface area is 221 Å². The number of alkyl halides is 3. The maximum atomic E-state index is 15.0. The molecular formula is C28H23F5N6. The van der Waals surface area contributed by atoms with Gasteiger partial charge in [0.1, 0.15) is 11.6 Å². The zero-order valence-corrected chi connectivity index (χ0v) is 20.7. The summed E-state index contributed by atoms with van der Waals surface area (Å²) in [6.45, 7) is 7.52. The van der Waals surface area contributed by atoms with E-state index in [-0.39, 0.29) is 40.4 Å². The molecule has 0 aliphatic carbocycles. The van der Waals surface area contributed by atoms with Crippen molar-refractivity contribution in [3.63, 3.8) is 0 Å². The summed E-state index contributed by atoms with van der Waals surface area (Å²) >= 11 is 0. The summed E-state index contributed by atoms with van der Waals surface area (Å²) < 4.78 is 68.6. The lowest BCUT2D eigenvalue weighted by atomic mass is 10.0. The normalized spacial score (nSPS) is 14.3. The Morgan fingerprint density at radius 1 is 1.00 bits per heavy atom. The van der Waals surface area contributed by atoms with Crippen LogP contribution in [0.25, 0.3) is 11.1 Å². The minimum absolute atomic E-state index is 0.0241. The van der Waals surface area contributed by atoms with Crippen molar-refractivity contribution < 1.29 is 22.0 Å². The lowest BCUT2D eigenvalue weighted by molar-refractivity contribution is -0.137. The van der Waals surface area contributed by atoms with Gasteiger partial charge < -0.3 is 15.5 Å². The summed E-state index contributed by atoms with van der Waals surface area (Å²) in [5, 5.41) is 5.71. The molecule has 0 saturated carbocycles. The molecule has 0 radical (unpaired) electrons. The first kappa shape index (κ1) is 27.2. The van der Waals surface area contributed by atoms with Gasteiger partial charge in [0, 0.05) is 55.1 Å². The van der Waals surface area contributed by atoms with E-state index in [1.54, 1.807) is 6.08 Å². The van der Waals surface area contributed by atoms with Gasteiger partial charge in [-0.05, 0) is 42.0 Å². The van der Waals surface area contributed by atoms with E-state index >= 15 is 0 Å². The molecule has 6 nitrogen and oxygen atoms in total. The van der Waals surface area contributed by atoms with Crippen LogP contribution < -0.4 is 10.6 Å². The van der Waals surface area contributed by atoms with Gasteiger partial charge in [-0.3, -0.25) is 4.98 Å². The number of pyridine rings is 1. The largest absolute Gasteiger partial charge is 0.417 e. The lowest BCUT2D eigenvalue weighted by Gasteiger charge is -2.21. The minimum atomic E-state index is -4.57. The highest BCUT2D eigenvalue weighted by Crippen LogP contribution is 2.31. The fourth-order valence-electron chi connectivity index (χ4n) is 3.76. The first-order valence-electron chi connectivity index (χ1n) is 11.5. The van der Waals surface area contributed by atoms with E-state index in [4.69, 9.17) is 0 Å². The van der Waals surface area contributed by atoms with Gasteiger partial charge in [0.15, 0.2) is 0 Å². The number of benzene rings is 1. The van der Waals surface area contributed by atoms with E-state index in [2.05, 4.69) is 38.7 Å². The number of hydrogen-bond donors (Lipinski definition) is 2. The van der Waals surface area contributed by atoms with Crippen molar-refractivity contribution >= 4 is 11.6 Å². The van der Waals surface area contributed by atoms with Crippen molar-refractivity contribution in [2.45, 2.75) is 12.6 Å². The Hall–Kier alpha value is -4.80. The number of allylic oxidation sites excluding steroid dienone is 5. The molecule has 1 aliphatic rings. The van der Waals surface area contributed by atoms with Gasteiger partial charge in [-0.25, -0.2) is 18.7 Å². The SMILES string of the molecule is C=C/C(Nc1ncc(-c2cc(F)c(CC(=C)Nc3cncc(C(F)(F)F)c3)cc2F)cn1)=C1/C=CC=CN1C. The molecule has 4 rings (SSSR count). The van der Waals surface area contributed by atoms with Crippen LogP contribution >= 0.6 is 0 Å². The molecule has 2 aromatic heterocycles. The van der Waals surface area contributed by atoms with E-state index in [9.17, 15) is 22.0 Å². The van der Waals surface area contributed by atoms with Crippen LogP contribution in [-0.2, 0) is 12.6 Å². The zero-order chi connectivity index (χ0) is 28.2. The van der Waals surface area contributed by atoms with Crippen LogP contribution in [-0.4, -0.2) is 26.9 Å². The van der Waals surface area contributed by atoms with Gasteiger partial charge in [-0.15, -0.1) is 0 Å². The molecule has 1 aliphatic heterocycles. The maximum absolute atomic E-state index is 15.0. The highest BCUT2D eigenvalue weighted by atomic mass is 19.4. The number of nitrogens with one attached hydrogen (secondary N) is 2. The molecular weight excluding hydrogens is 515 g/mol. The van der Waals surface area contributed by atoms with Gasteiger partial charge in [-0.2, -0.15) is 13.2 Å². The van der Waals surface area contributed by atoms with Crippen LogP contribution in [0.2, 0.25) is 0 Å². The third-order valence-corrected chi connectivity index (χ3v) is 5.67. The molecule has 0 spiro atoms. The smallest absolute Gasteiger partial charge is 0.358 e. The monoisotopic (exact) mass is 538 g/mol. The van der Waals surface area contributed by atoms with E-state index < -0.39 is 23.4 Å². The highest BCUT2D eigenvalue weighted by molar-refractivity contribution is 5.64. The Kier molecular flexibility index (Phi) is 7.89. The van der Waals surface area contributed by atoms with Gasteiger partial charge in [-0.1, -0.05) is 19.2 Å². The maximum Gasteiger partial charge on any atom is 0.417 e. The topological polar surface area (TPSA) is 66.0 Å². The fraction of sp³-hybridized carbons (Fsp3) is 0.107. The number of halogens is 5. The van der Waals surface area contributed by atoms with Crippen LogP contribution in [0.3, 0.4) is 0 Å². The summed E-state index contributed by atoms with van der Waals surface area (Å²) in [5.41, 5.74) is 0.892. The molecule has 200 valence electrons. The Balaban J connectivity index is 1.47. The third-order valence-electron chi connectivity index (χ3n) is 5.67. The average Bonchev–Trinajstić information content (AvgIpc) is 2.90. The van der Waals surface area contributed by atoms with Crippen molar-refractivity contribution in [2.24, 2.45) is 0 Å². The molecule has 2 N–H and O–H groups in total. The van der Waals surface area contributed by atoms with Crippen LogP contribution in [0.1, 0.15) is 11.1 Å². The standard InChI is InChI=1S/C28H23F5N6/c1-4-25(26-7-5-6-8-39(26)3)38-27-35-13-19(14-36-27)22-12-23(29)18(10-24(22)30)9-17(2)37-21-11-20(15-34-16-21)28(31,32)33/h4-8,10-16,37H,1-2,9H2,3H3,(H,35,36,38)/b26-25+. The number of likely N-dealkylation sites (N-methyl/N-ethyl adjacent to an activating group) is 1. The van der Waals surface area contributed by atoms with Crippen LogP contribution in [0.4, 0.5) is 33.6 Å². The van der Waals surface area contributed by atoms with Gasteiger partial charge >= 0.3 is 6.18 Å². The molecule has 39 heavy (non-hydrogen) atoms. The second kappa shape index (κ2) is 11.3. The summed E-state index contributed by atoms with van der Waals surface area (Å²) in [5.74, 6) is -1.21. The second-order valence-corrected chi connectivity index (χ2v) is 8.52. The summed E-state index contributed by atoms with van der Waals surface area (Å²) in [6, 6.07) is 2.88. The van der Waals surface area contributed by atoms with E-state index in [1.165, 1.54) is 18.6 Å². The number of anilines is 2. The predicted molar refractivity (Wildman–Crippen MR) is 140 cm³/mol. The average molecular weight is 539 g/mol. The second-order valence-electron chi connectivity index (χ2n) is 8.52. The first-order chi connectivity index (χ1) is 18.5. The molecule has 3 aromatic rings. The molecule has 0 amide bonds. The van der Waals surface area contributed by atoms with E-state index in [0.717, 1.165) is 23.9 Å². The first-order valence-corrected chi connectivity index (χ1v) is 11.5. The Morgan fingerprint density at radius 2 is 1.74 bits per heavy atom. The molecule has 0 atom stereocenters. The molecule has 0 unspecified atom stereocenters. The quantitative estimate of drug-likeness (QED) is 0.307. The molecule has 0 bridgehead atoms. The molecule has 3 heterocycles. The lowest BCUT2D eigenvalue weighted by Crippen LogP contribution is -2.16. The highest BCUT2D eigenvalue weighted by Gasteiger charge is 2.31. The number of rotatable bonds is 8. The van der Waals surface area contributed by atoms with Crippen molar-refractivity contribution in [3.05, 3.63) is 127 Å². The number of nitrogens with zero attached hydrogens (tertiary/aromatic N) is 4. The van der Waals surface area contributed by atoms with Crippen LogP contribution in [0.5, 0.6) is 0 Å². The van der Waals surface area contributed by atoms with Crippen LogP contribution in [0.15, 0.2) is 104 Å². The Morgan fingerprint density at radius 3 is 2.41 bits per heavy atom.